The van der Waals surface area contributed by atoms with Crippen LogP contribution in [0, 0.1) is 10.1 Å². The Hall–Kier alpha value is -3.00. The van der Waals surface area contributed by atoms with Crippen LogP contribution in [0.15, 0.2) is 48.5 Å². The van der Waals surface area contributed by atoms with Crippen LogP contribution >= 0.6 is 11.3 Å². The number of nitrogen functional groups attached to an aromatic ring is 1. The van der Waals surface area contributed by atoms with Crippen molar-refractivity contribution in [3.05, 3.63) is 58.6 Å². The van der Waals surface area contributed by atoms with E-state index in [4.69, 9.17) is 5.73 Å². The SMILES string of the molecule is Nc1ccccc1-c1nnc(Nc2cccc([N+](=O)[O-])c2)s1. The lowest BCUT2D eigenvalue weighted by Crippen LogP contribution is -1.92. The summed E-state index contributed by atoms with van der Waals surface area (Å²) in [6, 6.07) is 13.6. The number of anilines is 3. The van der Waals surface area contributed by atoms with Crippen molar-refractivity contribution in [2.75, 3.05) is 11.1 Å². The smallest absolute Gasteiger partial charge is 0.271 e. The van der Waals surface area contributed by atoms with Gasteiger partial charge >= 0.3 is 0 Å². The molecule has 0 fully saturated rings. The highest BCUT2D eigenvalue weighted by atomic mass is 32.1. The molecule has 1 heterocycles. The number of benzene rings is 2. The van der Waals surface area contributed by atoms with Gasteiger partial charge in [-0.25, -0.2) is 0 Å². The molecule has 8 heteroatoms. The Balaban J connectivity index is 1.85. The van der Waals surface area contributed by atoms with Crippen molar-refractivity contribution in [1.82, 2.24) is 10.2 Å². The first kappa shape index (κ1) is 14.0. The monoisotopic (exact) mass is 313 g/mol. The summed E-state index contributed by atoms with van der Waals surface area (Å²) in [5.74, 6) is 0. The van der Waals surface area contributed by atoms with Gasteiger partial charge in [0.1, 0.15) is 0 Å². The molecule has 2 aromatic carbocycles. The standard InChI is InChI=1S/C14H11N5O2S/c15-12-7-2-1-6-11(12)13-17-18-14(22-13)16-9-4-3-5-10(8-9)19(20)21/h1-8H,15H2,(H,16,18). The van der Waals surface area contributed by atoms with E-state index in [9.17, 15) is 10.1 Å². The van der Waals surface area contributed by atoms with E-state index in [0.717, 1.165) is 5.56 Å². The molecule has 3 N–H and O–H groups in total. The molecule has 0 saturated carbocycles. The fourth-order valence-corrected chi connectivity index (χ4v) is 2.71. The Morgan fingerprint density at radius 2 is 1.95 bits per heavy atom. The van der Waals surface area contributed by atoms with Crippen molar-refractivity contribution in [3.8, 4) is 10.6 Å². The molecule has 0 spiro atoms. The molecule has 0 atom stereocenters. The van der Waals surface area contributed by atoms with E-state index in [2.05, 4.69) is 15.5 Å². The number of hydrogen-bond donors (Lipinski definition) is 2. The number of nitrogens with two attached hydrogens (primary N) is 1. The predicted molar refractivity (Wildman–Crippen MR) is 86.1 cm³/mol. The number of rotatable bonds is 4. The van der Waals surface area contributed by atoms with Crippen LogP contribution in [0.4, 0.5) is 22.2 Å². The third kappa shape index (κ3) is 2.86. The van der Waals surface area contributed by atoms with E-state index in [0.29, 0.717) is 21.5 Å². The summed E-state index contributed by atoms with van der Waals surface area (Å²) in [4.78, 5) is 10.3. The molecule has 110 valence electrons. The van der Waals surface area contributed by atoms with Crippen molar-refractivity contribution >= 4 is 33.5 Å². The first-order valence-corrected chi connectivity index (χ1v) is 7.15. The molecule has 1 aromatic heterocycles. The van der Waals surface area contributed by atoms with E-state index in [1.165, 1.54) is 23.5 Å². The lowest BCUT2D eigenvalue weighted by molar-refractivity contribution is -0.384. The minimum Gasteiger partial charge on any atom is -0.398 e. The zero-order valence-electron chi connectivity index (χ0n) is 11.3. The van der Waals surface area contributed by atoms with Crippen molar-refractivity contribution in [2.45, 2.75) is 0 Å². The number of nitro benzene ring substituents is 1. The van der Waals surface area contributed by atoms with E-state index < -0.39 is 4.92 Å². The average Bonchev–Trinajstić information content (AvgIpc) is 2.96. The first-order chi connectivity index (χ1) is 10.6. The number of nitrogens with zero attached hydrogens (tertiary/aromatic N) is 3. The molecule has 0 radical (unpaired) electrons. The van der Waals surface area contributed by atoms with E-state index in [1.807, 2.05) is 18.2 Å². The molecule has 3 aromatic rings. The number of aromatic nitrogens is 2. The van der Waals surface area contributed by atoms with E-state index >= 15 is 0 Å². The Labute approximate surface area is 129 Å². The molecule has 0 saturated heterocycles. The summed E-state index contributed by atoms with van der Waals surface area (Å²) < 4.78 is 0. The number of para-hydroxylation sites is 1. The molecular formula is C14H11N5O2S. The third-order valence-electron chi connectivity index (χ3n) is 2.92. The minimum absolute atomic E-state index is 0.0158. The molecule has 0 bridgehead atoms. The Morgan fingerprint density at radius 1 is 1.14 bits per heavy atom. The molecule has 22 heavy (non-hydrogen) atoms. The summed E-state index contributed by atoms with van der Waals surface area (Å²) >= 11 is 1.33. The van der Waals surface area contributed by atoms with Crippen LogP contribution in [0.2, 0.25) is 0 Å². The van der Waals surface area contributed by atoms with E-state index in [1.54, 1.807) is 18.2 Å². The average molecular weight is 313 g/mol. The van der Waals surface area contributed by atoms with Crippen LogP contribution in [0.3, 0.4) is 0 Å². The summed E-state index contributed by atoms with van der Waals surface area (Å²) in [5, 5.41) is 23.1. The zero-order valence-corrected chi connectivity index (χ0v) is 12.1. The van der Waals surface area contributed by atoms with Gasteiger partial charge in [0.25, 0.3) is 5.69 Å². The summed E-state index contributed by atoms with van der Waals surface area (Å²) in [5.41, 5.74) is 7.95. The van der Waals surface area contributed by atoms with Crippen molar-refractivity contribution in [2.24, 2.45) is 0 Å². The van der Waals surface area contributed by atoms with Gasteiger partial charge in [0, 0.05) is 29.1 Å². The summed E-state index contributed by atoms with van der Waals surface area (Å²) in [7, 11) is 0. The fourth-order valence-electron chi connectivity index (χ4n) is 1.90. The first-order valence-electron chi connectivity index (χ1n) is 6.33. The predicted octanol–water partition coefficient (Wildman–Crippen LogP) is 3.44. The second-order valence-corrected chi connectivity index (χ2v) is 5.41. The second kappa shape index (κ2) is 5.78. The maximum Gasteiger partial charge on any atom is 0.271 e. The van der Waals surface area contributed by atoms with Crippen LogP contribution in [-0.2, 0) is 0 Å². The van der Waals surface area contributed by atoms with Gasteiger partial charge in [-0.15, -0.1) is 10.2 Å². The Kier molecular flexibility index (Phi) is 3.67. The normalized spacial score (nSPS) is 10.4. The van der Waals surface area contributed by atoms with Crippen LogP contribution in [0.5, 0.6) is 0 Å². The minimum atomic E-state index is -0.443. The third-order valence-corrected chi connectivity index (χ3v) is 3.80. The Bertz CT molecular complexity index is 833. The van der Waals surface area contributed by atoms with Crippen molar-refractivity contribution < 1.29 is 4.92 Å². The molecule has 3 rings (SSSR count). The van der Waals surface area contributed by atoms with Gasteiger partial charge in [0.15, 0.2) is 5.01 Å². The van der Waals surface area contributed by atoms with Gasteiger partial charge in [-0.3, -0.25) is 10.1 Å². The molecule has 0 amide bonds. The lowest BCUT2D eigenvalue weighted by Gasteiger charge is -2.01. The maximum absolute atomic E-state index is 10.8. The molecule has 0 aliphatic rings. The molecular weight excluding hydrogens is 302 g/mol. The number of hydrogen-bond acceptors (Lipinski definition) is 7. The van der Waals surface area contributed by atoms with Gasteiger partial charge in [-0.05, 0) is 18.2 Å². The lowest BCUT2D eigenvalue weighted by atomic mass is 10.2. The summed E-state index contributed by atoms with van der Waals surface area (Å²) in [6.07, 6.45) is 0. The Morgan fingerprint density at radius 3 is 2.73 bits per heavy atom. The van der Waals surface area contributed by atoms with Crippen LogP contribution < -0.4 is 11.1 Å². The topological polar surface area (TPSA) is 107 Å². The van der Waals surface area contributed by atoms with Gasteiger partial charge < -0.3 is 11.1 Å². The molecule has 0 unspecified atom stereocenters. The molecule has 0 aliphatic heterocycles. The van der Waals surface area contributed by atoms with Gasteiger partial charge in [-0.2, -0.15) is 0 Å². The number of nitrogens with one attached hydrogen (secondary N) is 1. The zero-order chi connectivity index (χ0) is 15.5. The molecule has 7 nitrogen and oxygen atoms in total. The maximum atomic E-state index is 10.8. The fraction of sp³-hybridized carbons (Fsp3) is 0. The highest BCUT2D eigenvalue weighted by molar-refractivity contribution is 7.18. The largest absolute Gasteiger partial charge is 0.398 e. The van der Waals surface area contributed by atoms with Crippen molar-refractivity contribution in [3.63, 3.8) is 0 Å². The van der Waals surface area contributed by atoms with Gasteiger partial charge in [0.05, 0.1) is 4.92 Å². The highest BCUT2D eigenvalue weighted by Gasteiger charge is 2.11. The quantitative estimate of drug-likeness (QED) is 0.434. The van der Waals surface area contributed by atoms with Crippen molar-refractivity contribution in [1.29, 1.82) is 0 Å². The number of nitro groups is 1. The van der Waals surface area contributed by atoms with Crippen LogP contribution in [0.25, 0.3) is 10.6 Å². The highest BCUT2D eigenvalue weighted by Crippen LogP contribution is 2.32. The van der Waals surface area contributed by atoms with Gasteiger partial charge in [0.2, 0.25) is 5.13 Å². The molecule has 0 aliphatic carbocycles. The van der Waals surface area contributed by atoms with E-state index in [-0.39, 0.29) is 5.69 Å². The van der Waals surface area contributed by atoms with Crippen LogP contribution in [-0.4, -0.2) is 15.1 Å². The summed E-state index contributed by atoms with van der Waals surface area (Å²) in [6.45, 7) is 0. The second-order valence-electron chi connectivity index (χ2n) is 4.43. The van der Waals surface area contributed by atoms with Gasteiger partial charge in [-0.1, -0.05) is 29.5 Å². The number of non-ortho nitro benzene ring substituents is 1. The van der Waals surface area contributed by atoms with Crippen LogP contribution in [0.1, 0.15) is 0 Å².